The topological polar surface area (TPSA) is 124 Å². The summed E-state index contributed by atoms with van der Waals surface area (Å²) in [5, 5.41) is 21.6. The van der Waals surface area contributed by atoms with E-state index in [9.17, 15) is 19.5 Å². The molecule has 1 atom stereocenters. The van der Waals surface area contributed by atoms with Gasteiger partial charge in [0.15, 0.2) is 6.04 Å². The molecule has 1 aromatic heterocycles. The highest BCUT2D eigenvalue weighted by atomic mass is 16.5. The summed E-state index contributed by atoms with van der Waals surface area (Å²) in [7, 11) is 4.54. The Kier molecular flexibility index (Phi) is 6.38. The standard InChI is InChI=1S/C22H24N4O5/c1-23-20(28)19(21(29)24-31)26(3)22(30)14-6-4-13(5-7-14)15-8-9-18-16(10-15)11-17(12-27)25(18)2/h4-11,19,27,31H,12H2,1-3H3,(H,23,28)(H,24,29). The smallest absolute Gasteiger partial charge is 0.275 e. The van der Waals surface area contributed by atoms with Crippen molar-refractivity contribution < 1.29 is 24.7 Å². The summed E-state index contributed by atoms with van der Waals surface area (Å²) in [6.45, 7) is -0.0454. The molecule has 31 heavy (non-hydrogen) atoms. The van der Waals surface area contributed by atoms with Crippen molar-refractivity contribution in [2.75, 3.05) is 14.1 Å². The van der Waals surface area contributed by atoms with Crippen molar-refractivity contribution in [3.8, 4) is 11.1 Å². The minimum Gasteiger partial charge on any atom is -0.390 e. The van der Waals surface area contributed by atoms with Gasteiger partial charge in [-0.2, -0.15) is 0 Å². The number of amides is 3. The maximum atomic E-state index is 12.8. The summed E-state index contributed by atoms with van der Waals surface area (Å²) in [6.07, 6.45) is 0. The first-order valence-electron chi connectivity index (χ1n) is 9.54. The second-order valence-electron chi connectivity index (χ2n) is 7.11. The lowest BCUT2D eigenvalue weighted by molar-refractivity contribution is -0.140. The van der Waals surface area contributed by atoms with Gasteiger partial charge in [-0.15, -0.1) is 0 Å². The average Bonchev–Trinajstić information content (AvgIpc) is 3.13. The molecule has 1 heterocycles. The summed E-state index contributed by atoms with van der Waals surface area (Å²) >= 11 is 0. The van der Waals surface area contributed by atoms with Gasteiger partial charge in [0.05, 0.1) is 6.61 Å². The van der Waals surface area contributed by atoms with E-state index < -0.39 is 23.8 Å². The van der Waals surface area contributed by atoms with E-state index in [1.165, 1.54) is 19.6 Å². The first-order chi connectivity index (χ1) is 14.8. The molecule has 0 aliphatic heterocycles. The van der Waals surface area contributed by atoms with Crippen LogP contribution in [0.15, 0.2) is 48.5 Å². The molecule has 0 saturated carbocycles. The van der Waals surface area contributed by atoms with Crippen molar-refractivity contribution in [1.82, 2.24) is 20.3 Å². The number of likely N-dealkylation sites (N-methyl/N-ethyl adjacent to an activating group) is 2. The molecular weight excluding hydrogens is 400 g/mol. The van der Waals surface area contributed by atoms with Crippen molar-refractivity contribution in [3.63, 3.8) is 0 Å². The number of aromatic nitrogens is 1. The van der Waals surface area contributed by atoms with E-state index in [4.69, 9.17) is 5.21 Å². The van der Waals surface area contributed by atoms with Crippen LogP contribution in [0.4, 0.5) is 0 Å². The average molecular weight is 424 g/mol. The number of benzene rings is 2. The number of aryl methyl sites for hydroxylation is 1. The first-order valence-corrected chi connectivity index (χ1v) is 9.54. The van der Waals surface area contributed by atoms with Crippen LogP contribution in [0.2, 0.25) is 0 Å². The summed E-state index contributed by atoms with van der Waals surface area (Å²) in [4.78, 5) is 37.6. The zero-order valence-electron chi connectivity index (χ0n) is 17.4. The van der Waals surface area contributed by atoms with Gasteiger partial charge in [-0.3, -0.25) is 19.6 Å². The normalized spacial score (nSPS) is 11.8. The fraction of sp³-hybridized carbons (Fsp3) is 0.227. The number of aliphatic hydroxyl groups excluding tert-OH is 1. The molecule has 0 aliphatic carbocycles. The number of hydroxylamine groups is 1. The molecule has 1 unspecified atom stereocenters. The Morgan fingerprint density at radius 2 is 1.68 bits per heavy atom. The molecule has 0 saturated heterocycles. The van der Waals surface area contributed by atoms with Crippen LogP contribution in [-0.2, 0) is 23.2 Å². The zero-order valence-corrected chi connectivity index (χ0v) is 17.4. The number of nitrogens with zero attached hydrogens (tertiary/aromatic N) is 2. The van der Waals surface area contributed by atoms with E-state index in [0.717, 1.165) is 32.6 Å². The molecule has 162 valence electrons. The Balaban J connectivity index is 1.86. The summed E-state index contributed by atoms with van der Waals surface area (Å²) < 4.78 is 1.93. The maximum absolute atomic E-state index is 12.8. The third kappa shape index (κ3) is 4.14. The predicted molar refractivity (Wildman–Crippen MR) is 114 cm³/mol. The molecule has 0 fully saturated rings. The molecule has 0 radical (unpaired) electrons. The number of rotatable bonds is 6. The number of aliphatic hydroxyl groups is 1. The number of hydrogen-bond acceptors (Lipinski definition) is 5. The summed E-state index contributed by atoms with van der Waals surface area (Å²) in [5.41, 5.74) is 5.34. The summed E-state index contributed by atoms with van der Waals surface area (Å²) in [6, 6.07) is 13.1. The van der Waals surface area contributed by atoms with Gasteiger partial charge in [-0.1, -0.05) is 18.2 Å². The molecule has 3 amide bonds. The molecule has 3 rings (SSSR count). The number of carbonyl (C=O) groups excluding carboxylic acids is 3. The number of fused-ring (bicyclic) bond motifs is 1. The number of hydrogen-bond donors (Lipinski definition) is 4. The Morgan fingerprint density at radius 3 is 2.26 bits per heavy atom. The van der Waals surface area contributed by atoms with E-state index in [1.54, 1.807) is 24.3 Å². The highest BCUT2D eigenvalue weighted by Crippen LogP contribution is 2.27. The fourth-order valence-electron chi connectivity index (χ4n) is 3.53. The second kappa shape index (κ2) is 8.99. The quantitative estimate of drug-likeness (QED) is 0.267. The van der Waals surface area contributed by atoms with Gasteiger partial charge < -0.3 is 19.9 Å². The molecule has 9 nitrogen and oxygen atoms in total. The van der Waals surface area contributed by atoms with Crippen molar-refractivity contribution in [2.45, 2.75) is 12.6 Å². The van der Waals surface area contributed by atoms with Crippen LogP contribution in [0.5, 0.6) is 0 Å². The molecule has 0 spiro atoms. The minimum atomic E-state index is -1.51. The molecule has 0 aliphatic rings. The molecule has 4 N–H and O–H groups in total. The molecule has 0 bridgehead atoms. The van der Waals surface area contributed by atoms with Gasteiger partial charge in [0.2, 0.25) is 0 Å². The highest BCUT2D eigenvalue weighted by molar-refractivity contribution is 6.08. The minimum absolute atomic E-state index is 0.0454. The van der Waals surface area contributed by atoms with E-state index in [0.29, 0.717) is 0 Å². The molecule has 3 aromatic rings. The van der Waals surface area contributed by atoms with Gasteiger partial charge in [0.1, 0.15) is 0 Å². The lowest BCUT2D eigenvalue weighted by Crippen LogP contribution is -2.54. The molecule has 2 aromatic carbocycles. The van der Waals surface area contributed by atoms with E-state index in [-0.39, 0.29) is 12.2 Å². The third-order valence-electron chi connectivity index (χ3n) is 5.33. The number of carbonyl (C=O) groups is 3. The Hall–Kier alpha value is -3.69. The first kappa shape index (κ1) is 22.0. The maximum Gasteiger partial charge on any atom is 0.275 e. The van der Waals surface area contributed by atoms with E-state index in [2.05, 4.69) is 5.32 Å². The van der Waals surface area contributed by atoms with Crippen molar-refractivity contribution in [2.24, 2.45) is 7.05 Å². The lowest BCUT2D eigenvalue weighted by atomic mass is 10.0. The fourth-order valence-corrected chi connectivity index (χ4v) is 3.53. The van der Waals surface area contributed by atoms with Crippen LogP contribution < -0.4 is 10.8 Å². The van der Waals surface area contributed by atoms with E-state index >= 15 is 0 Å². The van der Waals surface area contributed by atoms with Crippen molar-refractivity contribution in [1.29, 1.82) is 0 Å². The van der Waals surface area contributed by atoms with Crippen LogP contribution in [0.25, 0.3) is 22.0 Å². The van der Waals surface area contributed by atoms with Crippen LogP contribution in [0, 0.1) is 0 Å². The largest absolute Gasteiger partial charge is 0.390 e. The van der Waals surface area contributed by atoms with Crippen molar-refractivity contribution in [3.05, 3.63) is 59.8 Å². The Morgan fingerprint density at radius 1 is 1.03 bits per heavy atom. The predicted octanol–water partition coefficient (Wildman–Crippen LogP) is 1.03. The van der Waals surface area contributed by atoms with Gasteiger partial charge >= 0.3 is 0 Å². The van der Waals surface area contributed by atoms with Crippen molar-refractivity contribution >= 4 is 28.6 Å². The van der Waals surface area contributed by atoms with Crippen LogP contribution >= 0.6 is 0 Å². The molecule has 9 heteroatoms. The van der Waals surface area contributed by atoms with Crippen LogP contribution in [-0.4, -0.2) is 57.6 Å². The number of nitrogens with one attached hydrogen (secondary N) is 2. The third-order valence-corrected chi connectivity index (χ3v) is 5.33. The SMILES string of the molecule is CNC(=O)C(C(=O)NO)N(C)C(=O)c1ccc(-c2ccc3c(c2)cc(CO)n3C)cc1. The van der Waals surface area contributed by atoms with Gasteiger partial charge in [-0.25, -0.2) is 5.48 Å². The highest BCUT2D eigenvalue weighted by Gasteiger charge is 2.33. The van der Waals surface area contributed by atoms with Gasteiger partial charge in [0.25, 0.3) is 17.7 Å². The van der Waals surface area contributed by atoms with E-state index in [1.807, 2.05) is 35.9 Å². The second-order valence-corrected chi connectivity index (χ2v) is 7.11. The monoisotopic (exact) mass is 424 g/mol. The van der Waals surface area contributed by atoms with Gasteiger partial charge in [0, 0.05) is 43.3 Å². The lowest BCUT2D eigenvalue weighted by Gasteiger charge is -2.25. The van der Waals surface area contributed by atoms with Crippen LogP contribution in [0.1, 0.15) is 16.1 Å². The van der Waals surface area contributed by atoms with Gasteiger partial charge in [-0.05, 0) is 41.5 Å². The molecular formula is C22H24N4O5. The zero-order chi connectivity index (χ0) is 22.7. The van der Waals surface area contributed by atoms with Crippen LogP contribution in [0.3, 0.4) is 0 Å². The summed E-state index contributed by atoms with van der Waals surface area (Å²) in [5.74, 6) is -2.28. The Labute approximate surface area is 178 Å². The Bertz CT molecular complexity index is 1120.